The first-order valence-electron chi connectivity index (χ1n) is 10.8. The van der Waals surface area contributed by atoms with Crippen molar-refractivity contribution in [2.45, 2.75) is 17.7 Å². The Morgan fingerprint density at radius 3 is 2.35 bits per heavy atom. The summed E-state index contributed by atoms with van der Waals surface area (Å²) in [5, 5.41) is 7.05. The van der Waals surface area contributed by atoms with Gasteiger partial charge in [0.25, 0.3) is 10.0 Å². The average molecular weight is 499 g/mol. The molecule has 0 saturated heterocycles. The Morgan fingerprint density at radius 2 is 1.74 bits per heavy atom. The van der Waals surface area contributed by atoms with Crippen molar-refractivity contribution in [3.8, 4) is 0 Å². The zero-order valence-electron chi connectivity index (χ0n) is 18.8. The highest BCUT2D eigenvalue weighted by atomic mass is 35.5. The molecule has 1 atom stereocenters. The first-order valence-corrected chi connectivity index (χ1v) is 12.6. The molecule has 0 spiro atoms. The van der Waals surface area contributed by atoms with E-state index in [-0.39, 0.29) is 16.8 Å². The first-order chi connectivity index (χ1) is 16.3. The molecule has 9 heteroatoms. The molecule has 1 heterocycles. The zero-order valence-corrected chi connectivity index (χ0v) is 20.3. The molecule has 1 aliphatic heterocycles. The summed E-state index contributed by atoms with van der Waals surface area (Å²) >= 11 is 6.09. The van der Waals surface area contributed by atoms with Crippen LogP contribution >= 0.6 is 11.6 Å². The van der Waals surface area contributed by atoms with Gasteiger partial charge in [-0.2, -0.15) is 13.5 Å². The molecule has 4 rings (SSSR count). The number of nitrogens with zero attached hydrogens (tertiary/aromatic N) is 4. The van der Waals surface area contributed by atoms with Crippen LogP contribution in [-0.2, 0) is 10.0 Å². The van der Waals surface area contributed by atoms with Crippen molar-refractivity contribution in [1.82, 2.24) is 9.91 Å². The molecule has 0 bridgehead atoms. The van der Waals surface area contributed by atoms with Crippen LogP contribution < -0.4 is 0 Å². The Kier molecular flexibility index (Phi) is 7.00. The summed E-state index contributed by atoms with van der Waals surface area (Å²) in [5.74, 6) is -0.431. The van der Waals surface area contributed by atoms with E-state index in [1.54, 1.807) is 29.1 Å². The molecule has 1 aliphatic rings. The molecule has 0 radical (unpaired) electrons. The Bertz CT molecular complexity index is 1310. The van der Waals surface area contributed by atoms with E-state index < -0.39 is 15.8 Å². The van der Waals surface area contributed by atoms with Crippen LogP contribution in [0.25, 0.3) is 0 Å². The Morgan fingerprint density at radius 1 is 1.09 bits per heavy atom. The van der Waals surface area contributed by atoms with Gasteiger partial charge in [-0.1, -0.05) is 54.1 Å². The van der Waals surface area contributed by atoms with Gasteiger partial charge < -0.3 is 4.90 Å². The Labute approximate surface area is 204 Å². The lowest BCUT2D eigenvalue weighted by molar-refractivity contribution is 0.382. The Balaban J connectivity index is 1.79. The fraction of sp³-hybridized carbons (Fsp3) is 0.200. The second kappa shape index (κ2) is 9.95. The van der Waals surface area contributed by atoms with Gasteiger partial charge >= 0.3 is 0 Å². The summed E-state index contributed by atoms with van der Waals surface area (Å²) in [6.07, 6.45) is 0. The van der Waals surface area contributed by atoms with Gasteiger partial charge in [-0.3, -0.25) is 0 Å². The molecule has 6 nitrogen and oxygen atoms in total. The lowest BCUT2D eigenvalue weighted by atomic mass is 9.91. The van der Waals surface area contributed by atoms with Crippen molar-refractivity contribution < 1.29 is 12.8 Å². The van der Waals surface area contributed by atoms with E-state index >= 15 is 0 Å². The molecule has 3 aromatic carbocycles. The van der Waals surface area contributed by atoms with E-state index in [4.69, 9.17) is 16.7 Å². The number of hydrogen-bond donors (Lipinski definition) is 0. The van der Waals surface area contributed by atoms with E-state index in [1.807, 2.05) is 49.4 Å². The van der Waals surface area contributed by atoms with Gasteiger partial charge in [0, 0.05) is 24.5 Å². The van der Waals surface area contributed by atoms with Crippen LogP contribution in [0.15, 0.2) is 93.3 Å². The third-order valence-electron chi connectivity index (χ3n) is 5.62. The van der Waals surface area contributed by atoms with Gasteiger partial charge in [-0.15, -0.1) is 4.40 Å². The van der Waals surface area contributed by atoms with Gasteiger partial charge in [0.15, 0.2) is 0 Å². The normalized spacial score (nSPS) is 16.5. The third-order valence-corrected chi connectivity index (χ3v) is 7.14. The molecular formula is C25H24ClFN4O2S. The summed E-state index contributed by atoms with van der Waals surface area (Å²) in [5.41, 5.74) is 2.73. The molecule has 0 saturated carbocycles. The zero-order chi connectivity index (χ0) is 24.3. The van der Waals surface area contributed by atoms with Gasteiger partial charge in [-0.25, -0.2) is 9.40 Å². The number of benzene rings is 3. The van der Waals surface area contributed by atoms with Crippen LogP contribution in [0, 0.1) is 5.82 Å². The highest BCUT2D eigenvalue weighted by molar-refractivity contribution is 7.90. The maximum Gasteiger partial charge on any atom is 0.285 e. The molecule has 34 heavy (non-hydrogen) atoms. The number of sulfonamides is 1. The minimum Gasteiger partial charge on any atom is -0.344 e. The summed E-state index contributed by atoms with van der Waals surface area (Å²) in [6.45, 7) is 2.81. The van der Waals surface area contributed by atoms with Gasteiger partial charge in [-0.05, 0) is 54.4 Å². The number of hydrogen-bond acceptors (Lipinski definition) is 3. The predicted molar refractivity (Wildman–Crippen MR) is 133 cm³/mol. The first kappa shape index (κ1) is 23.9. The van der Waals surface area contributed by atoms with E-state index in [2.05, 4.69) is 4.40 Å². The second-order valence-electron chi connectivity index (χ2n) is 7.87. The largest absolute Gasteiger partial charge is 0.344 e. The average Bonchev–Trinajstić information content (AvgIpc) is 3.28. The monoisotopic (exact) mass is 498 g/mol. The van der Waals surface area contributed by atoms with Crippen LogP contribution in [0.4, 0.5) is 4.39 Å². The summed E-state index contributed by atoms with van der Waals surface area (Å²) in [4.78, 5) is 1.63. The van der Waals surface area contributed by atoms with E-state index in [0.29, 0.717) is 18.1 Å². The number of rotatable bonds is 5. The van der Waals surface area contributed by atoms with Crippen molar-refractivity contribution in [3.63, 3.8) is 0 Å². The number of halogens is 2. The van der Waals surface area contributed by atoms with Crippen LogP contribution in [-0.4, -0.2) is 50.1 Å². The summed E-state index contributed by atoms with van der Waals surface area (Å²) < 4.78 is 43.5. The van der Waals surface area contributed by atoms with Gasteiger partial charge in [0.1, 0.15) is 5.82 Å². The second-order valence-corrected chi connectivity index (χ2v) is 9.91. The SMILES string of the molecule is CCN(C)C(=NS(=O)(=O)c1ccc(F)cc1)N1CC(c2ccccc2)C(c2ccc(Cl)cc2)=N1. The van der Waals surface area contributed by atoms with E-state index in [1.165, 1.54) is 12.1 Å². The third kappa shape index (κ3) is 5.13. The number of guanidine groups is 1. The molecule has 1 unspecified atom stereocenters. The molecule has 0 N–H and O–H groups in total. The summed E-state index contributed by atoms with van der Waals surface area (Å²) in [6, 6.07) is 21.9. The smallest absolute Gasteiger partial charge is 0.285 e. The van der Waals surface area contributed by atoms with Crippen LogP contribution in [0.2, 0.25) is 5.02 Å². The van der Waals surface area contributed by atoms with Crippen LogP contribution in [0.1, 0.15) is 24.0 Å². The van der Waals surface area contributed by atoms with E-state index in [9.17, 15) is 12.8 Å². The molecule has 176 valence electrons. The number of hydrazone groups is 1. The van der Waals surface area contributed by atoms with Gasteiger partial charge in [0.05, 0.1) is 17.2 Å². The highest BCUT2D eigenvalue weighted by Crippen LogP contribution is 2.30. The van der Waals surface area contributed by atoms with Crippen molar-refractivity contribution in [3.05, 3.63) is 101 Å². The quantitative estimate of drug-likeness (QED) is 0.367. The van der Waals surface area contributed by atoms with Crippen LogP contribution in [0.5, 0.6) is 0 Å². The minimum atomic E-state index is -4.09. The van der Waals surface area contributed by atoms with E-state index in [0.717, 1.165) is 29.0 Å². The molecule has 0 fully saturated rings. The van der Waals surface area contributed by atoms with Crippen LogP contribution in [0.3, 0.4) is 0 Å². The predicted octanol–water partition coefficient (Wildman–Crippen LogP) is 4.98. The molecular weight excluding hydrogens is 475 g/mol. The Hall–Kier alpha value is -3.23. The van der Waals surface area contributed by atoms with Gasteiger partial charge in [0.2, 0.25) is 5.96 Å². The van der Waals surface area contributed by atoms with Crippen molar-refractivity contribution in [2.75, 3.05) is 20.1 Å². The lowest BCUT2D eigenvalue weighted by Gasteiger charge is -2.25. The lowest BCUT2D eigenvalue weighted by Crippen LogP contribution is -2.39. The molecule has 3 aromatic rings. The summed E-state index contributed by atoms with van der Waals surface area (Å²) in [7, 11) is -2.33. The highest BCUT2D eigenvalue weighted by Gasteiger charge is 2.33. The maximum atomic E-state index is 13.3. The fourth-order valence-corrected chi connectivity index (χ4v) is 4.84. The molecule has 0 aliphatic carbocycles. The van der Waals surface area contributed by atoms with Crippen molar-refractivity contribution in [1.29, 1.82) is 0 Å². The fourth-order valence-electron chi connectivity index (χ4n) is 3.68. The van der Waals surface area contributed by atoms with Crippen molar-refractivity contribution in [2.24, 2.45) is 9.50 Å². The standard InChI is InChI=1S/C25H24ClFN4O2S/c1-3-30(2)25(29-34(32,33)22-15-13-21(27)14-16-22)31-17-23(18-7-5-4-6-8-18)24(28-31)19-9-11-20(26)12-10-19/h4-16,23H,3,17H2,1-2H3. The molecule has 0 aromatic heterocycles. The molecule has 0 amide bonds. The minimum absolute atomic E-state index is 0.0865. The van der Waals surface area contributed by atoms with Crippen molar-refractivity contribution >= 4 is 33.3 Å². The maximum absolute atomic E-state index is 13.3. The topological polar surface area (TPSA) is 65.3 Å².